The molecule has 7 heteroatoms. The number of hydrogen-bond donors (Lipinski definition) is 1. The molecule has 0 saturated heterocycles. The van der Waals surface area contributed by atoms with Crippen molar-refractivity contribution in [3.8, 4) is 10.4 Å². The summed E-state index contributed by atoms with van der Waals surface area (Å²) in [4.78, 5) is 21.8. The van der Waals surface area contributed by atoms with Gasteiger partial charge in [0.05, 0.1) is 15.5 Å². The maximum atomic E-state index is 13.1. The maximum absolute atomic E-state index is 13.1. The second-order valence-corrected chi connectivity index (χ2v) is 8.32. The maximum Gasteiger partial charge on any atom is 0.233 e. The van der Waals surface area contributed by atoms with Gasteiger partial charge in [0, 0.05) is 10.9 Å². The van der Waals surface area contributed by atoms with Crippen LogP contribution in [-0.4, -0.2) is 27.2 Å². The van der Waals surface area contributed by atoms with Crippen LogP contribution >= 0.6 is 23.1 Å². The molecule has 2 aromatic heterocycles. The van der Waals surface area contributed by atoms with Gasteiger partial charge in [-0.2, -0.15) is 0 Å². The molecule has 3 rings (SSSR count). The van der Waals surface area contributed by atoms with Gasteiger partial charge >= 0.3 is 0 Å². The molecule has 130 valence electrons. The molecule has 0 unspecified atom stereocenters. The van der Waals surface area contributed by atoms with E-state index in [0.29, 0.717) is 0 Å². The normalized spacial score (nSPS) is 12.5. The van der Waals surface area contributed by atoms with Gasteiger partial charge in [0.2, 0.25) is 5.91 Å². The molecule has 1 aromatic carbocycles. The Morgan fingerprint density at radius 1 is 1.20 bits per heavy atom. The molecule has 0 radical (unpaired) electrons. The minimum Gasteiger partial charge on any atom is -0.353 e. The van der Waals surface area contributed by atoms with Crippen LogP contribution in [0, 0.1) is 5.82 Å². The van der Waals surface area contributed by atoms with E-state index in [-0.39, 0.29) is 23.0 Å². The Bertz CT molecular complexity index is 893. The molecule has 0 saturated carbocycles. The van der Waals surface area contributed by atoms with Crippen molar-refractivity contribution >= 4 is 39.2 Å². The summed E-state index contributed by atoms with van der Waals surface area (Å²) in [5.74, 6) is -0.270. The molecule has 1 amide bonds. The molecule has 0 aliphatic rings. The molecule has 2 heterocycles. The molecule has 1 atom stereocenters. The van der Waals surface area contributed by atoms with E-state index in [1.54, 1.807) is 23.5 Å². The first-order chi connectivity index (χ1) is 11.9. The zero-order chi connectivity index (χ0) is 18.0. The third-order valence-corrected chi connectivity index (χ3v) is 5.91. The summed E-state index contributed by atoms with van der Waals surface area (Å²) >= 11 is 2.97. The quantitative estimate of drug-likeness (QED) is 0.527. The van der Waals surface area contributed by atoms with Crippen molar-refractivity contribution in [2.75, 3.05) is 0 Å². The van der Waals surface area contributed by atoms with E-state index in [4.69, 9.17) is 0 Å². The summed E-state index contributed by atoms with van der Waals surface area (Å²) < 4.78 is 14.1. The minimum absolute atomic E-state index is 0.0120. The van der Waals surface area contributed by atoms with Crippen LogP contribution in [0.25, 0.3) is 20.7 Å². The molecule has 0 fully saturated rings. The van der Waals surface area contributed by atoms with Gasteiger partial charge in [-0.1, -0.05) is 23.9 Å². The van der Waals surface area contributed by atoms with E-state index in [2.05, 4.69) is 15.3 Å². The van der Waals surface area contributed by atoms with E-state index in [1.165, 1.54) is 30.2 Å². The lowest BCUT2D eigenvalue weighted by molar-refractivity contribution is -0.120. The number of halogens is 1. The van der Waals surface area contributed by atoms with Crippen LogP contribution in [0.4, 0.5) is 4.39 Å². The number of carbonyl (C=O) groups excluding carboxylic acids is 1. The lowest BCUT2D eigenvalue weighted by atomic mass is 10.2. The van der Waals surface area contributed by atoms with E-state index in [9.17, 15) is 9.18 Å². The predicted octanol–water partition coefficient (Wildman–Crippen LogP) is 4.50. The minimum atomic E-state index is -0.258. The highest BCUT2D eigenvalue weighted by Gasteiger charge is 2.19. The van der Waals surface area contributed by atoms with Crippen LogP contribution in [0.1, 0.15) is 20.8 Å². The fourth-order valence-corrected chi connectivity index (χ4v) is 4.40. The highest BCUT2D eigenvalue weighted by Crippen LogP contribution is 2.38. The third-order valence-electron chi connectivity index (χ3n) is 3.50. The second kappa shape index (κ2) is 7.49. The van der Waals surface area contributed by atoms with Gasteiger partial charge in [-0.15, -0.1) is 11.3 Å². The standard InChI is InChI=1S/C18H18FN3OS2/c1-10(2)22-17(23)11(3)24-18-16-14(20-9-21-18)8-15(25-16)12-4-6-13(19)7-5-12/h4-11H,1-3H3,(H,22,23)/t11-/m0/s1. The summed E-state index contributed by atoms with van der Waals surface area (Å²) in [6.45, 7) is 5.74. The van der Waals surface area contributed by atoms with Crippen LogP contribution < -0.4 is 5.32 Å². The van der Waals surface area contributed by atoms with Gasteiger partial charge in [-0.25, -0.2) is 14.4 Å². The Hall–Kier alpha value is -1.99. The topological polar surface area (TPSA) is 54.9 Å². The van der Waals surface area contributed by atoms with Gasteiger partial charge in [-0.05, 0) is 44.5 Å². The van der Waals surface area contributed by atoms with Gasteiger partial charge in [-0.3, -0.25) is 4.79 Å². The molecule has 0 spiro atoms. The highest BCUT2D eigenvalue weighted by atomic mass is 32.2. The predicted molar refractivity (Wildman–Crippen MR) is 101 cm³/mol. The van der Waals surface area contributed by atoms with Crippen molar-refractivity contribution in [1.29, 1.82) is 0 Å². The second-order valence-electron chi connectivity index (χ2n) is 5.93. The molecular weight excluding hydrogens is 357 g/mol. The fraction of sp³-hybridized carbons (Fsp3) is 0.278. The lowest BCUT2D eigenvalue weighted by Gasteiger charge is -2.13. The molecule has 0 aliphatic carbocycles. The Morgan fingerprint density at radius 2 is 1.92 bits per heavy atom. The number of fused-ring (bicyclic) bond motifs is 1. The molecule has 0 bridgehead atoms. The largest absolute Gasteiger partial charge is 0.353 e. The lowest BCUT2D eigenvalue weighted by Crippen LogP contribution is -2.35. The number of carbonyl (C=O) groups is 1. The van der Waals surface area contributed by atoms with Crippen molar-refractivity contribution < 1.29 is 9.18 Å². The number of nitrogens with one attached hydrogen (secondary N) is 1. The average molecular weight is 375 g/mol. The first-order valence-electron chi connectivity index (χ1n) is 7.91. The van der Waals surface area contributed by atoms with Crippen LogP contribution in [0.15, 0.2) is 41.7 Å². The molecule has 4 nitrogen and oxygen atoms in total. The van der Waals surface area contributed by atoms with E-state index >= 15 is 0 Å². The van der Waals surface area contributed by atoms with E-state index in [0.717, 1.165) is 25.7 Å². The number of thiophene rings is 1. The highest BCUT2D eigenvalue weighted by molar-refractivity contribution is 8.00. The van der Waals surface area contributed by atoms with Crippen molar-refractivity contribution in [1.82, 2.24) is 15.3 Å². The molecule has 25 heavy (non-hydrogen) atoms. The smallest absolute Gasteiger partial charge is 0.233 e. The summed E-state index contributed by atoms with van der Waals surface area (Å²) in [5, 5.41) is 3.45. The van der Waals surface area contributed by atoms with Crippen LogP contribution in [-0.2, 0) is 4.79 Å². The third kappa shape index (κ3) is 4.16. The summed E-state index contributed by atoms with van der Waals surface area (Å²) in [5.41, 5.74) is 1.77. The Morgan fingerprint density at radius 3 is 2.60 bits per heavy atom. The number of amides is 1. The number of thioether (sulfide) groups is 1. The summed E-state index contributed by atoms with van der Waals surface area (Å²) in [6.07, 6.45) is 1.51. The zero-order valence-electron chi connectivity index (χ0n) is 14.1. The zero-order valence-corrected chi connectivity index (χ0v) is 15.7. The molecule has 0 aliphatic heterocycles. The SMILES string of the molecule is CC(C)NC(=O)[C@H](C)Sc1ncnc2cc(-c3ccc(F)cc3)sc12. The number of benzene rings is 1. The Balaban J connectivity index is 1.89. The Labute approximate surface area is 153 Å². The van der Waals surface area contributed by atoms with E-state index in [1.807, 2.05) is 26.8 Å². The average Bonchev–Trinajstić information content (AvgIpc) is 3.00. The van der Waals surface area contributed by atoms with Crippen molar-refractivity contribution in [3.05, 3.63) is 42.5 Å². The molecular formula is C18H18FN3OS2. The van der Waals surface area contributed by atoms with Crippen LogP contribution in [0.5, 0.6) is 0 Å². The van der Waals surface area contributed by atoms with Gasteiger partial charge < -0.3 is 5.32 Å². The molecule has 1 N–H and O–H groups in total. The van der Waals surface area contributed by atoms with Crippen LogP contribution in [0.3, 0.4) is 0 Å². The number of nitrogens with zero attached hydrogens (tertiary/aromatic N) is 2. The number of aromatic nitrogens is 2. The van der Waals surface area contributed by atoms with Crippen molar-refractivity contribution in [3.63, 3.8) is 0 Å². The van der Waals surface area contributed by atoms with Crippen molar-refractivity contribution in [2.24, 2.45) is 0 Å². The first kappa shape index (κ1) is 17.8. The number of rotatable bonds is 5. The van der Waals surface area contributed by atoms with Gasteiger partial charge in [0.1, 0.15) is 17.2 Å². The summed E-state index contributed by atoms with van der Waals surface area (Å²) in [6, 6.07) is 8.46. The Kier molecular flexibility index (Phi) is 5.34. The summed E-state index contributed by atoms with van der Waals surface area (Å²) in [7, 11) is 0. The number of hydrogen-bond acceptors (Lipinski definition) is 5. The van der Waals surface area contributed by atoms with E-state index < -0.39 is 0 Å². The molecule has 3 aromatic rings. The van der Waals surface area contributed by atoms with Crippen LogP contribution in [0.2, 0.25) is 0 Å². The van der Waals surface area contributed by atoms with Gasteiger partial charge in [0.15, 0.2) is 0 Å². The fourth-order valence-electron chi connectivity index (χ4n) is 2.30. The first-order valence-corrected chi connectivity index (χ1v) is 9.61. The van der Waals surface area contributed by atoms with Gasteiger partial charge in [0.25, 0.3) is 0 Å². The van der Waals surface area contributed by atoms with Crippen molar-refractivity contribution in [2.45, 2.75) is 37.1 Å². The monoisotopic (exact) mass is 375 g/mol.